The van der Waals surface area contributed by atoms with E-state index in [1.807, 2.05) is 0 Å². The fraction of sp³-hybridized carbons (Fsp3) is 0.250. The Kier molecular flexibility index (Phi) is 6.31. The molecule has 0 saturated carbocycles. The third-order valence-electron chi connectivity index (χ3n) is 2.46. The van der Waals surface area contributed by atoms with E-state index >= 15 is 0 Å². The summed E-state index contributed by atoms with van der Waals surface area (Å²) >= 11 is 0. The van der Waals surface area contributed by atoms with Gasteiger partial charge in [0.1, 0.15) is 5.75 Å². The number of hydrogen-bond donors (Lipinski definition) is 0. The summed E-state index contributed by atoms with van der Waals surface area (Å²) in [6, 6.07) is 4.93. The molecule has 1 heterocycles. The van der Waals surface area contributed by atoms with Crippen LogP contribution in [-0.2, 0) is 17.2 Å². The minimum Gasteiger partial charge on any atom is -0.741 e. The van der Waals surface area contributed by atoms with E-state index in [0.717, 1.165) is 0 Å². The molecule has 0 unspecified atom stereocenters. The summed E-state index contributed by atoms with van der Waals surface area (Å²) in [5.74, 6) is 1.65. The van der Waals surface area contributed by atoms with E-state index in [0.29, 0.717) is 22.9 Å². The van der Waals surface area contributed by atoms with Crippen LogP contribution in [0.3, 0.4) is 0 Å². The Morgan fingerprint density at radius 3 is 2.32 bits per heavy atom. The minimum atomic E-state index is -6.09. The molecule has 0 amide bonds. The van der Waals surface area contributed by atoms with Crippen LogP contribution in [0.15, 0.2) is 30.6 Å². The molecule has 0 aliphatic heterocycles. The fourth-order valence-corrected chi connectivity index (χ4v) is 1.39. The molecule has 9 nitrogen and oxygen atoms in total. The average Bonchev–Trinajstić information content (AvgIpc) is 2.91. The first kappa shape index (κ1) is 20.2. The number of nitrogens with zero attached hydrogens (tertiary/aromatic N) is 4. The zero-order valence-corrected chi connectivity index (χ0v) is 13.6. The molecule has 2 rings (SSSR count). The van der Waals surface area contributed by atoms with Gasteiger partial charge < -0.3 is 14.0 Å². The summed E-state index contributed by atoms with van der Waals surface area (Å²) in [6.07, 6.45) is 3.35. The van der Waals surface area contributed by atoms with Crippen LogP contribution in [0.1, 0.15) is 0 Å². The van der Waals surface area contributed by atoms with Gasteiger partial charge >= 0.3 is 11.2 Å². The third-order valence-corrected chi connectivity index (χ3v) is 3.03. The van der Waals surface area contributed by atoms with Crippen LogP contribution in [0.4, 0.5) is 18.9 Å². The number of aryl methyl sites for hydroxylation is 1. The van der Waals surface area contributed by atoms with Crippen LogP contribution in [0, 0.1) is 5.39 Å². The van der Waals surface area contributed by atoms with E-state index in [4.69, 9.17) is 27.8 Å². The Morgan fingerprint density at radius 1 is 1.32 bits per heavy atom. The molecule has 25 heavy (non-hydrogen) atoms. The van der Waals surface area contributed by atoms with Gasteiger partial charge in [-0.25, -0.2) is 8.42 Å². The van der Waals surface area contributed by atoms with Gasteiger partial charge in [-0.2, -0.15) is 18.3 Å². The number of diazo groups is 1. The summed E-state index contributed by atoms with van der Waals surface area (Å²) < 4.78 is 71.2. The molecule has 0 atom stereocenters. The van der Waals surface area contributed by atoms with E-state index < -0.39 is 15.6 Å². The van der Waals surface area contributed by atoms with Gasteiger partial charge in [0.05, 0.1) is 19.5 Å². The summed E-state index contributed by atoms with van der Waals surface area (Å²) in [4.78, 5) is 3.10. The van der Waals surface area contributed by atoms with Gasteiger partial charge in [-0.05, 0) is 6.07 Å². The maximum atomic E-state index is 10.7. The Labute approximate surface area is 140 Å². The van der Waals surface area contributed by atoms with Gasteiger partial charge in [-0.15, -0.1) is 0 Å². The molecule has 136 valence electrons. The zero-order valence-electron chi connectivity index (χ0n) is 12.8. The van der Waals surface area contributed by atoms with E-state index in [1.165, 1.54) is 7.11 Å². The monoisotopic (exact) mass is 380 g/mol. The van der Waals surface area contributed by atoms with Crippen LogP contribution in [0.5, 0.6) is 17.2 Å². The van der Waals surface area contributed by atoms with Crippen molar-refractivity contribution in [3.05, 3.63) is 35.6 Å². The van der Waals surface area contributed by atoms with Crippen molar-refractivity contribution in [1.29, 1.82) is 5.39 Å². The Hall–Kier alpha value is -2.85. The number of alkyl halides is 3. The van der Waals surface area contributed by atoms with Gasteiger partial charge in [0.15, 0.2) is 20.8 Å². The topological polar surface area (TPSA) is 122 Å². The lowest BCUT2D eigenvalue weighted by molar-refractivity contribution is -0.0517. The summed E-state index contributed by atoms with van der Waals surface area (Å²) in [7, 11) is -2.79. The first-order valence-electron chi connectivity index (χ1n) is 6.19. The zero-order chi connectivity index (χ0) is 19.3. The van der Waals surface area contributed by atoms with Crippen LogP contribution in [-0.4, -0.2) is 35.4 Å². The lowest BCUT2D eigenvalue weighted by atomic mass is 10.3. The molecule has 0 fully saturated rings. The molecule has 2 aromatic rings. The number of ether oxygens (including phenoxy) is 2. The molecule has 1 aromatic heterocycles. The molecular formula is C12H11F3N4O5S. The second kappa shape index (κ2) is 7.81. The maximum absolute atomic E-state index is 10.7. The van der Waals surface area contributed by atoms with E-state index in [9.17, 15) is 13.2 Å². The van der Waals surface area contributed by atoms with Crippen molar-refractivity contribution < 1.29 is 35.6 Å². The van der Waals surface area contributed by atoms with Gasteiger partial charge in [-0.1, -0.05) is 0 Å². The Balaban J connectivity index is 0.000000333. The van der Waals surface area contributed by atoms with E-state index in [2.05, 4.69) is 10.1 Å². The van der Waals surface area contributed by atoms with Crippen LogP contribution < -0.4 is 9.47 Å². The molecular weight excluding hydrogens is 369 g/mol. The SMILES string of the molecule is COc1cc(Oc2cnn(C)c2)ccc1[N+]#N.O=S(=O)([O-])C(F)(F)F. The highest BCUT2D eigenvalue weighted by atomic mass is 32.2. The van der Waals surface area contributed by atoms with Crippen molar-refractivity contribution in [2.24, 2.45) is 7.05 Å². The molecule has 1 aromatic carbocycles. The number of rotatable bonds is 3. The number of halogens is 3. The Bertz CT molecular complexity index is 874. The van der Waals surface area contributed by atoms with Crippen molar-refractivity contribution in [2.75, 3.05) is 7.11 Å². The summed E-state index contributed by atoms with van der Waals surface area (Å²) in [5.41, 5.74) is -5.29. The van der Waals surface area contributed by atoms with Crippen molar-refractivity contribution in [1.82, 2.24) is 9.78 Å². The molecule has 0 radical (unpaired) electrons. The normalized spacial score (nSPS) is 11.1. The third kappa shape index (κ3) is 5.94. The predicted molar refractivity (Wildman–Crippen MR) is 76.8 cm³/mol. The lowest BCUT2D eigenvalue weighted by Crippen LogP contribution is -2.21. The lowest BCUT2D eigenvalue weighted by Gasteiger charge is -2.08. The van der Waals surface area contributed by atoms with Crippen molar-refractivity contribution >= 4 is 15.8 Å². The quantitative estimate of drug-likeness (QED) is 0.456. The number of hydrogen-bond acceptors (Lipinski definition) is 7. The number of benzene rings is 1. The molecule has 13 heteroatoms. The molecule has 0 bridgehead atoms. The highest BCUT2D eigenvalue weighted by molar-refractivity contribution is 7.86. The first-order chi connectivity index (χ1) is 11.5. The molecule has 0 aliphatic rings. The van der Waals surface area contributed by atoms with Crippen molar-refractivity contribution in [2.45, 2.75) is 5.51 Å². The summed E-state index contributed by atoms with van der Waals surface area (Å²) in [5, 5.41) is 12.7. The van der Waals surface area contributed by atoms with Crippen LogP contribution in [0.2, 0.25) is 0 Å². The highest BCUT2D eigenvalue weighted by Gasteiger charge is 2.36. The van der Waals surface area contributed by atoms with Crippen molar-refractivity contribution in [3.8, 4) is 17.2 Å². The van der Waals surface area contributed by atoms with Gasteiger partial charge in [0.2, 0.25) is 11.1 Å². The number of methoxy groups -OCH3 is 1. The van der Waals surface area contributed by atoms with E-state index in [-0.39, 0.29) is 0 Å². The van der Waals surface area contributed by atoms with Crippen LogP contribution in [0.25, 0.3) is 4.98 Å². The molecule has 0 N–H and O–H groups in total. The fourth-order valence-electron chi connectivity index (χ4n) is 1.39. The minimum absolute atomic E-state index is 0.353. The first-order valence-corrected chi connectivity index (χ1v) is 7.60. The van der Waals surface area contributed by atoms with Crippen LogP contribution >= 0.6 is 0 Å². The van der Waals surface area contributed by atoms with Crippen molar-refractivity contribution in [3.63, 3.8) is 0 Å². The molecule has 0 aliphatic carbocycles. The number of aromatic nitrogens is 2. The van der Waals surface area contributed by atoms with Gasteiger partial charge in [-0.3, -0.25) is 4.68 Å². The highest BCUT2D eigenvalue weighted by Crippen LogP contribution is 2.33. The smallest absolute Gasteiger partial charge is 0.485 e. The summed E-state index contributed by atoms with van der Waals surface area (Å²) in [6.45, 7) is 0. The molecule has 0 spiro atoms. The maximum Gasteiger partial charge on any atom is 0.485 e. The predicted octanol–water partition coefficient (Wildman–Crippen LogP) is 2.76. The van der Waals surface area contributed by atoms with Gasteiger partial charge in [0, 0.05) is 19.2 Å². The largest absolute Gasteiger partial charge is 0.741 e. The second-order valence-electron chi connectivity index (χ2n) is 4.29. The van der Waals surface area contributed by atoms with Gasteiger partial charge in [0.25, 0.3) is 0 Å². The Morgan fingerprint density at radius 2 is 1.92 bits per heavy atom. The second-order valence-corrected chi connectivity index (χ2v) is 5.66. The average molecular weight is 380 g/mol. The van der Waals surface area contributed by atoms with E-state index in [1.54, 1.807) is 42.3 Å². The standard InChI is InChI=1S/C11H11N4O2.CHF3O3S/c1-15-7-9(6-13-15)17-8-3-4-10(14-12)11(5-8)16-2;2-1(3,4)8(5,6)7/h3-7H,1-2H3;(H,5,6,7)/q+1;/p-1. The molecule has 0 saturated heterocycles.